The van der Waals surface area contributed by atoms with Crippen LogP contribution < -0.4 is 9.80 Å². The average Bonchev–Trinajstić information content (AvgIpc) is 3.19. The molecule has 8 aromatic carbocycles. The molecule has 0 radical (unpaired) electrons. The SMILES string of the molecule is Cc1ccc(C)c(N(c2ccc(C#N)cc2)c2cc(C(C)(C)C)c3ccc4c(N(c5ccc(C#N)cc5)c5cc(C)ccc5C)cc(C(C)(C)C)c5ccc2c3c45)c1. The van der Waals surface area contributed by atoms with Gasteiger partial charge in [-0.1, -0.05) is 90.1 Å². The van der Waals surface area contributed by atoms with Crippen LogP contribution in [0.1, 0.15) is 86.1 Å². The number of rotatable bonds is 6. The van der Waals surface area contributed by atoms with Crippen LogP contribution in [0, 0.1) is 50.4 Å². The molecule has 8 rings (SSSR count). The Kier molecular flexibility index (Phi) is 9.29. The second-order valence-corrected chi connectivity index (χ2v) is 18.0. The van der Waals surface area contributed by atoms with Crippen LogP contribution in [0.15, 0.2) is 121 Å². The van der Waals surface area contributed by atoms with Crippen molar-refractivity contribution in [1.82, 2.24) is 0 Å². The Bertz CT molecular complexity index is 2760. The maximum absolute atomic E-state index is 9.76. The van der Waals surface area contributed by atoms with Crippen molar-refractivity contribution in [3.05, 3.63) is 166 Å². The van der Waals surface area contributed by atoms with Crippen LogP contribution >= 0.6 is 0 Å². The third-order valence-electron chi connectivity index (χ3n) is 11.7. The molecule has 0 bridgehead atoms. The third kappa shape index (κ3) is 6.50. The second-order valence-electron chi connectivity index (χ2n) is 18.0. The second kappa shape index (κ2) is 14.1. The predicted octanol–water partition coefficient (Wildman–Crippen LogP) is 15.1. The van der Waals surface area contributed by atoms with E-state index in [0.717, 1.165) is 34.1 Å². The van der Waals surface area contributed by atoms with Crippen LogP contribution in [0.25, 0.3) is 32.3 Å². The zero-order valence-electron chi connectivity index (χ0n) is 35.3. The summed E-state index contributed by atoms with van der Waals surface area (Å²) in [6.45, 7) is 22.5. The summed E-state index contributed by atoms with van der Waals surface area (Å²) in [6, 6.07) is 48.1. The van der Waals surface area contributed by atoms with Gasteiger partial charge in [0.1, 0.15) is 0 Å². The summed E-state index contributed by atoms with van der Waals surface area (Å²) in [7, 11) is 0. The zero-order chi connectivity index (χ0) is 41.3. The molecule has 8 aromatic rings. The molecule has 0 aliphatic carbocycles. The molecule has 0 fully saturated rings. The molecule has 58 heavy (non-hydrogen) atoms. The zero-order valence-corrected chi connectivity index (χ0v) is 35.3. The summed E-state index contributed by atoms with van der Waals surface area (Å²) in [5, 5.41) is 26.9. The minimum absolute atomic E-state index is 0.183. The topological polar surface area (TPSA) is 54.1 Å². The van der Waals surface area contributed by atoms with Crippen molar-refractivity contribution in [2.75, 3.05) is 9.80 Å². The van der Waals surface area contributed by atoms with E-state index in [2.05, 4.69) is 188 Å². The lowest BCUT2D eigenvalue weighted by molar-refractivity contribution is 0.595. The number of hydrogen-bond acceptors (Lipinski definition) is 4. The monoisotopic (exact) mass is 754 g/mol. The Balaban J connectivity index is 1.56. The summed E-state index contributed by atoms with van der Waals surface area (Å²) in [5.74, 6) is 0. The van der Waals surface area contributed by atoms with Crippen molar-refractivity contribution in [3.63, 3.8) is 0 Å². The van der Waals surface area contributed by atoms with Crippen molar-refractivity contribution in [2.45, 2.75) is 80.1 Å². The molecule has 0 saturated carbocycles. The first-order valence-corrected chi connectivity index (χ1v) is 20.1. The predicted molar refractivity (Wildman–Crippen MR) is 245 cm³/mol. The molecule has 0 N–H and O–H groups in total. The Morgan fingerprint density at radius 1 is 0.397 bits per heavy atom. The fourth-order valence-corrected chi connectivity index (χ4v) is 8.67. The number of hydrogen-bond donors (Lipinski definition) is 0. The minimum Gasteiger partial charge on any atom is -0.310 e. The van der Waals surface area contributed by atoms with Gasteiger partial charge in [0.05, 0.1) is 34.6 Å². The summed E-state index contributed by atoms with van der Waals surface area (Å²) in [6.07, 6.45) is 0. The molecule has 4 heteroatoms. The van der Waals surface area contributed by atoms with E-state index in [4.69, 9.17) is 0 Å². The first-order chi connectivity index (χ1) is 27.6. The summed E-state index contributed by atoms with van der Waals surface area (Å²) >= 11 is 0. The maximum atomic E-state index is 9.76. The first-order valence-electron chi connectivity index (χ1n) is 20.1. The van der Waals surface area contributed by atoms with Crippen LogP contribution in [0.2, 0.25) is 0 Å². The molecular formula is C54H50N4. The quantitative estimate of drug-likeness (QED) is 0.159. The molecule has 0 saturated heterocycles. The summed E-state index contributed by atoms with van der Waals surface area (Å²) < 4.78 is 0. The highest BCUT2D eigenvalue weighted by Gasteiger charge is 2.30. The van der Waals surface area contributed by atoms with Gasteiger partial charge in [0.15, 0.2) is 0 Å². The van der Waals surface area contributed by atoms with Crippen LogP contribution in [0.5, 0.6) is 0 Å². The number of nitriles is 2. The van der Waals surface area contributed by atoms with E-state index in [0.29, 0.717) is 11.1 Å². The molecule has 0 heterocycles. The smallest absolute Gasteiger partial charge is 0.0991 e. The highest BCUT2D eigenvalue weighted by atomic mass is 15.2. The summed E-state index contributed by atoms with van der Waals surface area (Å²) in [5.41, 5.74) is 14.6. The number of aryl methyl sites for hydroxylation is 4. The lowest BCUT2D eigenvalue weighted by Gasteiger charge is -2.34. The van der Waals surface area contributed by atoms with Gasteiger partial charge in [-0.3, -0.25) is 0 Å². The van der Waals surface area contributed by atoms with E-state index < -0.39 is 0 Å². The highest BCUT2D eigenvalue weighted by molar-refractivity contribution is 6.29. The van der Waals surface area contributed by atoms with E-state index in [1.54, 1.807) is 0 Å². The maximum Gasteiger partial charge on any atom is 0.0991 e. The standard InChI is InChI=1S/C54H50N4/c1-33-11-13-35(3)47(27-33)57(39-19-15-37(31-55)16-20-39)49-29-45(53(5,6)7)41-24-26-44-50(30-46(54(8,9)10)42-23-25-43(49)51(41)52(42)44)58(40-21-17-38(32-56)18-22-40)48-28-34(2)12-14-36(48)4/h11-30H,1-10H3. The Morgan fingerprint density at radius 2 is 0.741 bits per heavy atom. The van der Waals surface area contributed by atoms with Crippen molar-refractivity contribution < 1.29 is 0 Å². The van der Waals surface area contributed by atoms with Gasteiger partial charge in [-0.05, 0) is 166 Å². The van der Waals surface area contributed by atoms with E-state index in [1.807, 2.05) is 24.3 Å². The normalized spacial score (nSPS) is 11.9. The number of anilines is 6. The fourth-order valence-electron chi connectivity index (χ4n) is 8.67. The van der Waals surface area contributed by atoms with Gasteiger partial charge in [0.25, 0.3) is 0 Å². The van der Waals surface area contributed by atoms with Crippen LogP contribution in [0.3, 0.4) is 0 Å². The summed E-state index contributed by atoms with van der Waals surface area (Å²) in [4.78, 5) is 4.80. The third-order valence-corrected chi connectivity index (χ3v) is 11.7. The highest BCUT2D eigenvalue weighted by Crippen LogP contribution is 2.52. The molecule has 0 aliphatic heterocycles. The van der Waals surface area contributed by atoms with Gasteiger partial charge in [-0.15, -0.1) is 0 Å². The Labute approximate surface area is 343 Å². The van der Waals surface area contributed by atoms with E-state index in [9.17, 15) is 10.5 Å². The van der Waals surface area contributed by atoms with Gasteiger partial charge < -0.3 is 9.80 Å². The lowest BCUT2D eigenvalue weighted by Crippen LogP contribution is -2.18. The van der Waals surface area contributed by atoms with Crippen molar-refractivity contribution >= 4 is 66.4 Å². The first kappa shape index (κ1) is 38.3. The Hall–Kier alpha value is -6.62. The average molecular weight is 755 g/mol. The van der Waals surface area contributed by atoms with Crippen molar-refractivity contribution in [1.29, 1.82) is 10.5 Å². The van der Waals surface area contributed by atoms with Crippen LogP contribution in [0.4, 0.5) is 34.1 Å². The molecule has 0 amide bonds. The number of benzene rings is 8. The van der Waals surface area contributed by atoms with Gasteiger partial charge in [-0.25, -0.2) is 0 Å². The van der Waals surface area contributed by atoms with Gasteiger partial charge in [0, 0.05) is 33.5 Å². The Morgan fingerprint density at radius 3 is 1.07 bits per heavy atom. The molecule has 0 unspecified atom stereocenters. The fraction of sp³-hybridized carbons (Fsp3) is 0.222. The lowest BCUT2D eigenvalue weighted by atomic mass is 9.77. The van der Waals surface area contributed by atoms with Crippen LogP contribution in [-0.4, -0.2) is 0 Å². The van der Waals surface area contributed by atoms with Crippen molar-refractivity contribution in [3.8, 4) is 12.1 Å². The van der Waals surface area contributed by atoms with Gasteiger partial charge in [0.2, 0.25) is 0 Å². The molecule has 4 nitrogen and oxygen atoms in total. The molecule has 0 atom stereocenters. The number of nitrogens with zero attached hydrogens (tertiary/aromatic N) is 4. The van der Waals surface area contributed by atoms with E-state index in [1.165, 1.54) is 65.7 Å². The van der Waals surface area contributed by atoms with Gasteiger partial charge in [-0.2, -0.15) is 10.5 Å². The minimum atomic E-state index is -0.183. The van der Waals surface area contributed by atoms with Crippen molar-refractivity contribution in [2.24, 2.45) is 0 Å². The molecule has 0 aliphatic rings. The molecule has 286 valence electrons. The van der Waals surface area contributed by atoms with Gasteiger partial charge >= 0.3 is 0 Å². The van der Waals surface area contributed by atoms with E-state index >= 15 is 0 Å². The molecule has 0 aromatic heterocycles. The van der Waals surface area contributed by atoms with Crippen LogP contribution in [-0.2, 0) is 10.8 Å². The largest absolute Gasteiger partial charge is 0.310 e. The van der Waals surface area contributed by atoms with E-state index in [-0.39, 0.29) is 10.8 Å². The molecule has 0 spiro atoms. The molecular weight excluding hydrogens is 705 g/mol.